The normalized spacial score (nSPS) is 29.3. The summed E-state index contributed by atoms with van der Waals surface area (Å²) in [7, 11) is 0. The summed E-state index contributed by atoms with van der Waals surface area (Å²) < 4.78 is 1.22. The molecule has 1 atom stereocenters. The predicted molar refractivity (Wildman–Crippen MR) is 85.2 cm³/mol. The first kappa shape index (κ1) is 14.7. The van der Waals surface area contributed by atoms with Crippen molar-refractivity contribution in [3.05, 3.63) is 35.4 Å². The molecule has 4 rings (SSSR count). The third kappa shape index (κ3) is 3.04. The molecular weight excluding hydrogens is 260 g/mol. The number of nitrogens with zero attached hydrogens (tertiary/aromatic N) is 2. The fraction of sp³-hybridized carbons (Fsp3) is 0.611. The van der Waals surface area contributed by atoms with E-state index in [0.29, 0.717) is 5.78 Å². The van der Waals surface area contributed by atoms with Gasteiger partial charge in [0.25, 0.3) is 0 Å². The number of hydrogen-bond acceptors (Lipinski definition) is 2. The number of rotatable bonds is 5. The highest BCUT2D eigenvalue weighted by Crippen LogP contribution is 2.24. The Hall–Kier alpha value is -1.19. The van der Waals surface area contributed by atoms with Crippen molar-refractivity contribution in [3.8, 4) is 0 Å². The molecule has 0 aromatic heterocycles. The molecule has 0 saturated carbocycles. The molecule has 1 unspecified atom stereocenters. The second-order valence-corrected chi connectivity index (χ2v) is 6.89. The first-order valence-electron chi connectivity index (χ1n) is 8.32. The summed E-state index contributed by atoms with van der Waals surface area (Å²) in [6.45, 7) is 12.7. The number of quaternary nitrogens is 1. The average molecular weight is 287 g/mol. The van der Waals surface area contributed by atoms with E-state index in [1.807, 2.05) is 13.0 Å². The molecule has 3 heterocycles. The van der Waals surface area contributed by atoms with E-state index in [4.69, 9.17) is 0 Å². The zero-order valence-corrected chi connectivity index (χ0v) is 13.3. The van der Waals surface area contributed by atoms with Crippen LogP contribution in [0.4, 0.5) is 0 Å². The lowest BCUT2D eigenvalue weighted by Gasteiger charge is -2.50. The minimum atomic E-state index is 0.130. The first-order chi connectivity index (χ1) is 10.1. The Bertz CT molecular complexity index is 504. The van der Waals surface area contributed by atoms with Gasteiger partial charge in [0.2, 0.25) is 0 Å². The summed E-state index contributed by atoms with van der Waals surface area (Å²) in [5.41, 5.74) is 2.23. The maximum absolute atomic E-state index is 12.4. The lowest BCUT2D eigenvalue weighted by atomic mass is 9.95. The van der Waals surface area contributed by atoms with Crippen LogP contribution in [0.25, 0.3) is 0 Å². The minimum Gasteiger partial charge on any atom is -0.317 e. The van der Waals surface area contributed by atoms with Gasteiger partial charge in [-0.2, -0.15) is 0 Å². The van der Waals surface area contributed by atoms with Crippen molar-refractivity contribution in [2.75, 3.05) is 39.3 Å². The maximum atomic E-state index is 12.4. The monoisotopic (exact) mass is 287 g/mol. The van der Waals surface area contributed by atoms with E-state index >= 15 is 0 Å². The van der Waals surface area contributed by atoms with Crippen molar-refractivity contribution >= 4 is 5.78 Å². The third-order valence-corrected chi connectivity index (χ3v) is 5.46. The number of ketones is 1. The van der Waals surface area contributed by atoms with E-state index in [1.165, 1.54) is 49.3 Å². The molecule has 21 heavy (non-hydrogen) atoms. The number of carbonyl (C=O) groups is 1. The van der Waals surface area contributed by atoms with Gasteiger partial charge in [0, 0.05) is 36.7 Å². The van der Waals surface area contributed by atoms with Crippen LogP contribution in [0.3, 0.4) is 0 Å². The molecule has 3 nitrogen and oxygen atoms in total. The van der Waals surface area contributed by atoms with Gasteiger partial charge in [0.05, 0.1) is 19.6 Å². The highest BCUT2D eigenvalue weighted by atomic mass is 16.1. The number of Topliss-reactive ketones (excluding diaryl/α,β-unsaturated/α-hetero) is 1. The number of fused-ring (bicyclic) bond motifs is 3. The molecule has 3 fully saturated rings. The van der Waals surface area contributed by atoms with E-state index < -0.39 is 0 Å². The summed E-state index contributed by atoms with van der Waals surface area (Å²) in [6.07, 6.45) is 0.916. The minimum absolute atomic E-state index is 0.130. The van der Waals surface area contributed by atoms with Crippen molar-refractivity contribution < 1.29 is 9.28 Å². The summed E-state index contributed by atoms with van der Waals surface area (Å²) in [6, 6.07) is 8.37. The lowest BCUT2D eigenvalue weighted by Crippen LogP contribution is -2.66. The molecule has 3 aliphatic heterocycles. The van der Waals surface area contributed by atoms with Crippen molar-refractivity contribution in [1.29, 1.82) is 0 Å². The van der Waals surface area contributed by atoms with Gasteiger partial charge >= 0.3 is 0 Å². The van der Waals surface area contributed by atoms with E-state index in [1.54, 1.807) is 0 Å². The number of benzene rings is 1. The van der Waals surface area contributed by atoms with Crippen LogP contribution in [-0.2, 0) is 6.54 Å². The van der Waals surface area contributed by atoms with Gasteiger partial charge in [-0.1, -0.05) is 32.0 Å². The number of piperazine rings is 3. The number of hydrogen-bond donors (Lipinski definition) is 0. The van der Waals surface area contributed by atoms with E-state index in [2.05, 4.69) is 30.0 Å². The highest BCUT2D eigenvalue weighted by Gasteiger charge is 2.38. The Balaban J connectivity index is 1.75. The summed E-state index contributed by atoms with van der Waals surface area (Å²) >= 11 is 0. The van der Waals surface area contributed by atoms with Crippen LogP contribution >= 0.6 is 0 Å². The molecular formula is C18H27N2O+. The van der Waals surface area contributed by atoms with Crippen molar-refractivity contribution in [1.82, 2.24) is 4.90 Å². The van der Waals surface area contributed by atoms with Crippen LogP contribution < -0.4 is 0 Å². The first-order valence-corrected chi connectivity index (χ1v) is 8.32. The second-order valence-electron chi connectivity index (χ2n) is 6.89. The van der Waals surface area contributed by atoms with Crippen molar-refractivity contribution in [3.63, 3.8) is 0 Å². The molecule has 0 radical (unpaired) electrons. The van der Waals surface area contributed by atoms with Crippen LogP contribution in [0.15, 0.2) is 24.3 Å². The summed E-state index contributed by atoms with van der Waals surface area (Å²) in [4.78, 5) is 14.9. The van der Waals surface area contributed by atoms with Gasteiger partial charge in [0.15, 0.2) is 5.78 Å². The topological polar surface area (TPSA) is 20.3 Å². The molecule has 0 spiro atoms. The van der Waals surface area contributed by atoms with Crippen LogP contribution in [0.1, 0.15) is 36.2 Å². The third-order valence-electron chi connectivity index (χ3n) is 5.46. The zero-order chi connectivity index (χ0) is 14.9. The Kier molecular flexibility index (Phi) is 4.14. The average Bonchev–Trinajstić information content (AvgIpc) is 2.55. The number of carbonyl (C=O) groups excluding carboxylic acids is 1. The smallest absolute Gasteiger partial charge is 0.165 e. The van der Waals surface area contributed by atoms with E-state index in [9.17, 15) is 4.79 Å². The van der Waals surface area contributed by atoms with Crippen molar-refractivity contribution in [2.45, 2.75) is 26.8 Å². The Morgan fingerprint density at radius 1 is 1.24 bits per heavy atom. The van der Waals surface area contributed by atoms with Crippen LogP contribution in [0.2, 0.25) is 0 Å². The maximum Gasteiger partial charge on any atom is 0.165 e. The van der Waals surface area contributed by atoms with Gasteiger partial charge in [-0.3, -0.25) is 9.69 Å². The molecule has 2 bridgehead atoms. The molecule has 114 valence electrons. The molecule has 3 heteroatoms. The second kappa shape index (κ2) is 5.90. The predicted octanol–water partition coefficient (Wildman–Crippen LogP) is 2.56. The molecule has 0 amide bonds. The Morgan fingerprint density at radius 2 is 1.90 bits per heavy atom. The van der Waals surface area contributed by atoms with Crippen LogP contribution in [-0.4, -0.2) is 54.4 Å². The summed E-state index contributed by atoms with van der Waals surface area (Å²) in [5.74, 6) is 0.425. The molecule has 0 aliphatic carbocycles. The molecule has 1 aromatic carbocycles. The fourth-order valence-corrected chi connectivity index (χ4v) is 3.65. The standard InChI is InChI=1S/C18H27N2O/c1-3-15(2)18(21)17-6-4-5-16(13-17)14-20-10-7-19(8-11-20)9-12-20/h4-6,13,15H,3,7-12,14H2,1-2H3/q+1. The largest absolute Gasteiger partial charge is 0.317 e. The van der Waals surface area contributed by atoms with Crippen LogP contribution in [0.5, 0.6) is 0 Å². The Labute approximate surface area is 128 Å². The lowest BCUT2D eigenvalue weighted by molar-refractivity contribution is -0.953. The van der Waals surface area contributed by atoms with Crippen LogP contribution in [0, 0.1) is 5.92 Å². The quantitative estimate of drug-likeness (QED) is 0.613. The molecule has 3 saturated heterocycles. The highest BCUT2D eigenvalue weighted by molar-refractivity contribution is 5.97. The van der Waals surface area contributed by atoms with Gasteiger partial charge in [-0.25, -0.2) is 0 Å². The fourth-order valence-electron chi connectivity index (χ4n) is 3.65. The Morgan fingerprint density at radius 3 is 2.52 bits per heavy atom. The van der Waals surface area contributed by atoms with Crippen molar-refractivity contribution in [2.24, 2.45) is 5.92 Å². The summed E-state index contributed by atoms with van der Waals surface area (Å²) in [5, 5.41) is 0. The van der Waals surface area contributed by atoms with E-state index in [0.717, 1.165) is 18.5 Å². The molecule has 0 N–H and O–H groups in total. The van der Waals surface area contributed by atoms with E-state index in [-0.39, 0.29) is 5.92 Å². The molecule has 1 aromatic rings. The molecule has 3 aliphatic rings. The van der Waals surface area contributed by atoms with Gasteiger partial charge in [-0.15, -0.1) is 0 Å². The van der Waals surface area contributed by atoms with Gasteiger partial charge < -0.3 is 4.48 Å². The van der Waals surface area contributed by atoms with Gasteiger partial charge in [-0.05, 0) is 12.5 Å². The van der Waals surface area contributed by atoms with Gasteiger partial charge in [0.1, 0.15) is 6.54 Å². The zero-order valence-electron chi connectivity index (χ0n) is 13.3. The SMILES string of the molecule is CCC(C)C(=O)c1cccc(C[N+]23CCN(CC2)CC3)c1.